The number of rotatable bonds is 20. The number of anilines is 1. The van der Waals surface area contributed by atoms with Crippen LogP contribution in [0.25, 0.3) is 11.6 Å². The van der Waals surface area contributed by atoms with Crippen LogP contribution in [0.4, 0.5) is 5.69 Å². The van der Waals surface area contributed by atoms with Gasteiger partial charge in [0.15, 0.2) is 6.10 Å². The van der Waals surface area contributed by atoms with Gasteiger partial charge in [-0.15, -0.1) is 11.3 Å². The van der Waals surface area contributed by atoms with Crippen molar-refractivity contribution < 1.29 is 55.0 Å². The first-order chi connectivity index (χ1) is 29.7. The van der Waals surface area contributed by atoms with E-state index >= 15 is 0 Å². The summed E-state index contributed by atoms with van der Waals surface area (Å²) in [6.07, 6.45) is -0.262. The van der Waals surface area contributed by atoms with Gasteiger partial charge in [-0.1, -0.05) is 13.8 Å². The number of sulfonamides is 2. The molecule has 0 spiro atoms. The number of fused-ring (bicyclic) bond motifs is 2. The minimum Gasteiger partial charge on any atom is -0.453 e. The second-order valence-corrected chi connectivity index (χ2v) is 19.9. The van der Waals surface area contributed by atoms with Crippen LogP contribution in [-0.2, 0) is 48.7 Å². The van der Waals surface area contributed by atoms with E-state index in [0.29, 0.717) is 64.6 Å². The average Bonchev–Trinajstić information content (AvgIpc) is 3.91. The van der Waals surface area contributed by atoms with Crippen LogP contribution in [0.1, 0.15) is 91.4 Å². The number of methoxy groups -OCH3 is 1. The molecule has 0 saturated heterocycles. The number of aromatic nitrogens is 1. The minimum absolute atomic E-state index is 0.0341. The highest BCUT2D eigenvalue weighted by Crippen LogP contribution is 2.43. The number of carbonyl (C=O) groups is 5. The summed E-state index contributed by atoms with van der Waals surface area (Å²) < 4.78 is 68.1. The van der Waals surface area contributed by atoms with Crippen LogP contribution < -0.4 is 20.5 Å². The highest BCUT2D eigenvalue weighted by Gasteiger charge is 2.44. The van der Waals surface area contributed by atoms with Crippen LogP contribution in [-0.4, -0.2) is 131 Å². The lowest BCUT2D eigenvalue weighted by molar-refractivity contribution is -0.161. The van der Waals surface area contributed by atoms with Gasteiger partial charge in [-0.3, -0.25) is 24.0 Å². The molecule has 344 valence electrons. The van der Waals surface area contributed by atoms with E-state index < -0.39 is 68.8 Å². The predicted octanol–water partition coefficient (Wildman–Crippen LogP) is 3.15. The summed E-state index contributed by atoms with van der Waals surface area (Å²) >= 11 is 0.500. The maximum absolute atomic E-state index is 13.8. The number of benzene rings is 1. The smallest absolute Gasteiger partial charge is 0.311 e. The van der Waals surface area contributed by atoms with Crippen LogP contribution >= 0.6 is 11.3 Å². The van der Waals surface area contributed by atoms with E-state index in [1.807, 2.05) is 0 Å². The van der Waals surface area contributed by atoms with Gasteiger partial charge in [0.2, 0.25) is 10.0 Å². The van der Waals surface area contributed by atoms with Crippen molar-refractivity contribution in [2.75, 3.05) is 64.8 Å². The minimum atomic E-state index is -4.28. The Balaban J connectivity index is 1.22. The predicted molar refractivity (Wildman–Crippen MR) is 235 cm³/mol. The molecule has 2 atom stereocenters. The molecule has 0 radical (unpaired) electrons. The van der Waals surface area contributed by atoms with Gasteiger partial charge in [0, 0.05) is 74.6 Å². The van der Waals surface area contributed by atoms with Crippen molar-refractivity contribution in [3.8, 4) is 5.75 Å². The summed E-state index contributed by atoms with van der Waals surface area (Å²) in [5.74, 6) is -2.86. The molecular formula is C41H55N7O12S3. The molecule has 5 rings (SSSR count). The molecule has 0 aliphatic carbocycles. The van der Waals surface area contributed by atoms with Gasteiger partial charge in [-0.25, -0.2) is 22.0 Å². The summed E-state index contributed by atoms with van der Waals surface area (Å²) in [4.78, 5) is 72.6. The average molecular weight is 934 g/mol. The first kappa shape index (κ1) is 49.1. The van der Waals surface area contributed by atoms with Gasteiger partial charge in [-0.05, 0) is 83.1 Å². The lowest BCUT2D eigenvalue weighted by atomic mass is 10.0. The third kappa shape index (κ3) is 11.2. The van der Waals surface area contributed by atoms with Crippen molar-refractivity contribution in [1.29, 1.82) is 0 Å². The van der Waals surface area contributed by atoms with Gasteiger partial charge < -0.3 is 39.6 Å². The van der Waals surface area contributed by atoms with Crippen molar-refractivity contribution in [3.63, 3.8) is 0 Å². The summed E-state index contributed by atoms with van der Waals surface area (Å²) in [6.45, 7) is 13.8. The van der Waals surface area contributed by atoms with E-state index in [0.717, 1.165) is 23.5 Å². The number of amides is 3. The molecular weight excluding hydrogens is 879 g/mol. The van der Waals surface area contributed by atoms with Crippen molar-refractivity contribution in [2.45, 2.75) is 81.4 Å². The zero-order valence-electron chi connectivity index (χ0n) is 36.4. The Labute approximate surface area is 371 Å². The third-order valence-corrected chi connectivity index (χ3v) is 15.8. The van der Waals surface area contributed by atoms with Crippen molar-refractivity contribution in [3.05, 3.63) is 57.9 Å². The van der Waals surface area contributed by atoms with E-state index in [1.165, 1.54) is 31.1 Å². The number of hydrogen-bond donors (Lipinski definition) is 4. The molecule has 0 fully saturated rings. The number of carbonyl (C=O) groups excluding carboxylic acids is 5. The lowest BCUT2D eigenvalue weighted by Crippen LogP contribution is -2.49. The maximum Gasteiger partial charge on any atom is 0.311 e. The van der Waals surface area contributed by atoms with Gasteiger partial charge in [-0.2, -0.15) is 4.31 Å². The number of hydrogen-bond acceptors (Lipinski definition) is 14. The van der Waals surface area contributed by atoms with Crippen LogP contribution in [0, 0.1) is 13.8 Å². The number of nitrogens with two attached hydrogens (primary N) is 1. The van der Waals surface area contributed by atoms with E-state index in [2.05, 4.69) is 34.4 Å². The van der Waals surface area contributed by atoms with Crippen LogP contribution in [0.15, 0.2) is 32.7 Å². The molecule has 2 unspecified atom stereocenters. The number of thiophene rings is 1. The number of aryl methyl sites for hydroxylation is 1. The molecule has 22 heteroatoms. The number of aromatic amines is 1. The Morgan fingerprint density at radius 3 is 2.43 bits per heavy atom. The lowest BCUT2D eigenvalue weighted by Gasteiger charge is -2.39. The molecule has 63 heavy (non-hydrogen) atoms. The Kier molecular flexibility index (Phi) is 16.1. The second-order valence-electron chi connectivity index (χ2n) is 15.0. The van der Waals surface area contributed by atoms with Gasteiger partial charge in [0.1, 0.15) is 14.2 Å². The number of nitrogens with zero attached hydrogens (tertiary/aromatic N) is 3. The largest absolute Gasteiger partial charge is 0.453 e. The molecule has 4 heterocycles. The van der Waals surface area contributed by atoms with E-state index in [1.54, 1.807) is 32.9 Å². The Hall–Kier alpha value is -4.97. The number of likely N-dealkylation sites (N-methyl/N-ethyl adjacent to an activating group) is 2. The van der Waals surface area contributed by atoms with Crippen LogP contribution in [0.3, 0.4) is 0 Å². The summed E-state index contributed by atoms with van der Waals surface area (Å²) in [5, 5.41) is 11.1. The van der Waals surface area contributed by atoms with E-state index in [9.17, 15) is 40.8 Å². The van der Waals surface area contributed by atoms with Crippen molar-refractivity contribution in [1.82, 2.24) is 24.4 Å². The molecule has 3 amide bonds. The zero-order chi connectivity index (χ0) is 46.4. The summed E-state index contributed by atoms with van der Waals surface area (Å²) in [7, 11) is -6.95. The molecule has 2 aromatic heterocycles. The molecule has 19 nitrogen and oxygen atoms in total. The highest BCUT2D eigenvalue weighted by atomic mass is 32.3. The SMILES string of the molecule is CCN(CC)CCNC(=O)c1c(C)[nH]c(/C=C2\C(=O)Nc3ccc(OC(=O)CCC(=O)OC(C)C(=O)N(CC)C4CN(CCCOC)S(=O)(=O)c5sc(S(N)(=O)=O)cc54)cc32)c1C. The van der Waals surface area contributed by atoms with Crippen LogP contribution in [0.2, 0.25) is 0 Å². The standard InChI is InChI=1S/C41H55N7O12S3/c1-8-46(9-2)18-16-43-39(52)37-24(4)32(44-25(37)5)21-29-28-20-27(12-13-31(28)45-38(29)51)60-35(50)15-14-34(49)59-26(6)40(53)48(10-3)33-23-47(17-11-19-58-7)63(56,57)41-30(33)22-36(61-41)62(42,54)55/h12-13,20-22,26,33,44H,8-11,14-19,23H2,1-7H3,(H,43,52)(H,45,51)(H2,42,54,55)/b29-21-. The molecule has 2 aliphatic rings. The van der Waals surface area contributed by atoms with Crippen LogP contribution in [0.5, 0.6) is 5.75 Å². The number of nitrogens with one attached hydrogen (secondary N) is 3. The molecule has 0 saturated carbocycles. The molecule has 0 bridgehead atoms. The Morgan fingerprint density at radius 2 is 1.78 bits per heavy atom. The fourth-order valence-corrected chi connectivity index (χ4v) is 11.8. The van der Waals surface area contributed by atoms with E-state index in [-0.39, 0.29) is 57.5 Å². The second kappa shape index (κ2) is 20.7. The fourth-order valence-electron chi connectivity index (χ4n) is 7.50. The van der Waals surface area contributed by atoms with Crippen molar-refractivity contribution >= 4 is 78.4 Å². The monoisotopic (exact) mass is 933 g/mol. The first-order valence-electron chi connectivity index (χ1n) is 20.5. The Morgan fingerprint density at radius 1 is 1.08 bits per heavy atom. The van der Waals surface area contributed by atoms with Gasteiger partial charge in [0.25, 0.3) is 27.7 Å². The molecule has 3 aromatic rings. The number of primary sulfonamides is 1. The first-order valence-corrected chi connectivity index (χ1v) is 24.3. The number of ether oxygens (including phenoxy) is 3. The highest BCUT2D eigenvalue weighted by molar-refractivity contribution is 7.94. The molecule has 2 aliphatic heterocycles. The molecule has 1 aromatic carbocycles. The third-order valence-electron chi connectivity index (χ3n) is 10.8. The van der Waals surface area contributed by atoms with Gasteiger partial charge in [0.05, 0.1) is 30.0 Å². The fraction of sp³-hybridized carbons (Fsp3) is 0.488. The number of esters is 2. The molecule has 5 N–H and O–H groups in total. The Bertz CT molecular complexity index is 2490. The van der Waals surface area contributed by atoms with Crippen molar-refractivity contribution in [2.24, 2.45) is 5.14 Å². The normalized spacial score (nSPS) is 16.9. The summed E-state index contributed by atoms with van der Waals surface area (Å²) in [6, 6.07) is 4.80. The maximum atomic E-state index is 13.8. The summed E-state index contributed by atoms with van der Waals surface area (Å²) in [5.41, 5.74) is 3.66. The van der Waals surface area contributed by atoms with E-state index in [4.69, 9.17) is 19.3 Å². The topological polar surface area (TPSA) is 257 Å². The quantitative estimate of drug-likeness (QED) is 0.0551. The zero-order valence-corrected chi connectivity index (χ0v) is 38.8. The van der Waals surface area contributed by atoms with Gasteiger partial charge >= 0.3 is 11.9 Å². The number of H-pyrrole nitrogens is 1.